The molecule has 0 aliphatic rings. The molecule has 0 heterocycles. The zero-order valence-corrected chi connectivity index (χ0v) is 25.3. The quantitative estimate of drug-likeness (QED) is 0.217. The van der Waals surface area contributed by atoms with Crippen LogP contribution in [0.25, 0.3) is 0 Å². The van der Waals surface area contributed by atoms with Crippen LogP contribution in [-0.4, -0.2) is 201 Å². The van der Waals surface area contributed by atoms with Crippen LogP contribution < -0.4 is 0 Å². The summed E-state index contributed by atoms with van der Waals surface area (Å²) in [5, 5.41) is 26.7. The summed E-state index contributed by atoms with van der Waals surface area (Å²) in [5.74, 6) is -3.32. The average Bonchev–Trinajstić information content (AvgIpc) is 2.55. The number of rotatable bonds is 16. The van der Waals surface area contributed by atoms with Crippen LogP contribution in [0, 0.1) is 0 Å². The fourth-order valence-electron chi connectivity index (χ4n) is 2.42. The van der Waals surface area contributed by atoms with E-state index in [0.29, 0.717) is 19.0 Å². The summed E-state index contributed by atoms with van der Waals surface area (Å²) in [6, 6.07) is 0.487. The van der Waals surface area contributed by atoms with Gasteiger partial charge in [0.1, 0.15) is 0 Å². The zero-order valence-electron chi connectivity index (χ0n) is 18.3. The van der Waals surface area contributed by atoms with Gasteiger partial charge in [-0.05, 0) is 13.0 Å². The second kappa shape index (κ2) is 21.3. The molecule has 11 nitrogen and oxygen atoms in total. The molecule has 0 bridgehead atoms. The molecular formula is C14H28N2Na3O9Si. The van der Waals surface area contributed by atoms with Gasteiger partial charge in [0.05, 0.1) is 19.6 Å². The molecule has 15 heteroatoms. The van der Waals surface area contributed by atoms with Crippen molar-refractivity contribution in [3.8, 4) is 0 Å². The van der Waals surface area contributed by atoms with E-state index in [1.54, 1.807) is 4.90 Å². The fraction of sp³-hybridized carbons (Fsp3) is 0.786. The third-order valence-electron chi connectivity index (χ3n) is 3.70. The Balaban J connectivity index is -0.00000104. The molecular weight excluding hydrogens is 437 g/mol. The van der Waals surface area contributed by atoms with E-state index in [2.05, 4.69) is 0 Å². The predicted octanol–water partition coefficient (Wildman–Crippen LogP) is -2.03. The van der Waals surface area contributed by atoms with Gasteiger partial charge < -0.3 is 28.6 Å². The summed E-state index contributed by atoms with van der Waals surface area (Å²) in [6.07, 6.45) is 0.548. The molecule has 0 unspecified atom stereocenters. The standard InChI is InChI=1S/C14H28N2O9Si.3Na/c1-23-26(24-2,25-3)8-4-5-15(9-12(17)18)6-7-16(10-13(19)20)11-14(21)22;;;/h4-11H2,1-3H3,(H,17,18)(H,19,20)(H,21,22);;;. The number of aliphatic carboxylic acids is 3. The van der Waals surface area contributed by atoms with Gasteiger partial charge in [-0.1, -0.05) is 0 Å². The van der Waals surface area contributed by atoms with E-state index < -0.39 is 39.8 Å². The third-order valence-corrected chi connectivity index (χ3v) is 6.53. The number of hydrogen-bond acceptors (Lipinski definition) is 8. The van der Waals surface area contributed by atoms with Crippen molar-refractivity contribution in [1.29, 1.82) is 0 Å². The average molecular weight is 465 g/mol. The Morgan fingerprint density at radius 2 is 1.03 bits per heavy atom. The Morgan fingerprint density at radius 3 is 1.38 bits per heavy atom. The van der Waals surface area contributed by atoms with Crippen molar-refractivity contribution in [3.63, 3.8) is 0 Å². The van der Waals surface area contributed by atoms with E-state index in [1.807, 2.05) is 0 Å². The Labute approximate surface area is 238 Å². The van der Waals surface area contributed by atoms with Crippen molar-refractivity contribution < 1.29 is 43.0 Å². The first-order chi connectivity index (χ1) is 12.2. The van der Waals surface area contributed by atoms with Crippen LogP contribution in [0.1, 0.15) is 6.42 Å². The third kappa shape index (κ3) is 18.7. The molecule has 0 rings (SSSR count). The molecule has 0 aliphatic carbocycles. The van der Waals surface area contributed by atoms with Crippen molar-refractivity contribution in [3.05, 3.63) is 0 Å². The van der Waals surface area contributed by atoms with E-state index in [-0.39, 0.29) is 108 Å². The molecule has 155 valence electrons. The zero-order chi connectivity index (χ0) is 20.2. The number of carboxylic acid groups (broad SMARTS) is 3. The maximum absolute atomic E-state index is 11.0. The van der Waals surface area contributed by atoms with E-state index >= 15 is 0 Å². The SMILES string of the molecule is CO[Si](CCCN(CCN(CC(=O)O)CC(=O)O)CC(=O)O)(OC)OC.[Na].[Na].[Na]. The maximum atomic E-state index is 11.0. The van der Waals surface area contributed by atoms with Gasteiger partial charge in [0.25, 0.3) is 0 Å². The van der Waals surface area contributed by atoms with E-state index in [0.717, 1.165) is 0 Å². The fourth-order valence-corrected chi connectivity index (χ4v) is 4.12. The maximum Gasteiger partial charge on any atom is 0.500 e. The van der Waals surface area contributed by atoms with Gasteiger partial charge in [0, 0.05) is 129 Å². The molecule has 0 saturated heterocycles. The number of hydrogen-bond donors (Lipinski definition) is 3. The van der Waals surface area contributed by atoms with Crippen molar-refractivity contribution in [2.24, 2.45) is 0 Å². The van der Waals surface area contributed by atoms with E-state index in [9.17, 15) is 14.4 Å². The van der Waals surface area contributed by atoms with Crippen molar-refractivity contribution in [2.75, 3.05) is 60.6 Å². The predicted molar refractivity (Wildman–Crippen MR) is 109 cm³/mol. The number of carboxylic acids is 3. The smallest absolute Gasteiger partial charge is 0.480 e. The molecule has 0 aliphatic heterocycles. The molecule has 0 atom stereocenters. The molecule has 0 amide bonds. The topological polar surface area (TPSA) is 146 Å². The summed E-state index contributed by atoms with van der Waals surface area (Å²) in [7, 11) is 1.72. The van der Waals surface area contributed by atoms with Crippen LogP contribution >= 0.6 is 0 Å². The van der Waals surface area contributed by atoms with Gasteiger partial charge in [-0.25, -0.2) is 0 Å². The van der Waals surface area contributed by atoms with Crippen molar-refractivity contribution in [2.45, 2.75) is 12.5 Å². The molecule has 0 aromatic carbocycles. The van der Waals surface area contributed by atoms with E-state index in [1.165, 1.54) is 26.2 Å². The van der Waals surface area contributed by atoms with Gasteiger partial charge in [-0.3, -0.25) is 24.2 Å². The van der Waals surface area contributed by atoms with Gasteiger partial charge >= 0.3 is 26.7 Å². The molecule has 0 aromatic heterocycles. The van der Waals surface area contributed by atoms with Gasteiger partial charge in [-0.2, -0.15) is 0 Å². The molecule has 0 fully saturated rings. The van der Waals surface area contributed by atoms with Crippen molar-refractivity contribution in [1.82, 2.24) is 9.80 Å². The molecule has 0 aromatic rings. The number of nitrogens with zero attached hydrogens (tertiary/aromatic N) is 2. The molecule has 3 radical (unpaired) electrons. The normalized spacial score (nSPS) is 10.7. The largest absolute Gasteiger partial charge is 0.500 e. The minimum atomic E-state index is -2.75. The van der Waals surface area contributed by atoms with Gasteiger partial charge in [0.2, 0.25) is 0 Å². The van der Waals surface area contributed by atoms with Crippen LogP contribution in [0.2, 0.25) is 6.04 Å². The Hall–Kier alpha value is 1.43. The summed E-state index contributed by atoms with van der Waals surface area (Å²) in [6.45, 7) is -0.372. The molecule has 3 N–H and O–H groups in total. The van der Waals surface area contributed by atoms with Crippen LogP contribution in [-0.2, 0) is 27.7 Å². The first-order valence-electron chi connectivity index (χ1n) is 7.93. The molecule has 29 heavy (non-hydrogen) atoms. The molecule has 0 spiro atoms. The summed E-state index contributed by atoms with van der Waals surface area (Å²) in [4.78, 5) is 35.5. The first kappa shape index (κ1) is 37.7. The first-order valence-corrected chi connectivity index (χ1v) is 9.86. The van der Waals surface area contributed by atoms with Crippen LogP contribution in [0.5, 0.6) is 0 Å². The monoisotopic (exact) mass is 465 g/mol. The molecule has 0 saturated carbocycles. The van der Waals surface area contributed by atoms with Crippen LogP contribution in [0.15, 0.2) is 0 Å². The Bertz CT molecular complexity index is 449. The summed E-state index contributed by atoms with van der Waals surface area (Å²) in [5.41, 5.74) is 0. The minimum Gasteiger partial charge on any atom is -0.480 e. The second-order valence-corrected chi connectivity index (χ2v) is 8.66. The van der Waals surface area contributed by atoms with Crippen LogP contribution in [0.4, 0.5) is 0 Å². The number of carbonyl (C=O) groups is 3. The van der Waals surface area contributed by atoms with Gasteiger partial charge in [-0.15, -0.1) is 0 Å². The Kier molecular flexibility index (Phi) is 27.7. The minimum absolute atomic E-state index is 0. The Morgan fingerprint density at radius 1 is 0.690 bits per heavy atom. The summed E-state index contributed by atoms with van der Waals surface area (Å²) < 4.78 is 15.9. The second-order valence-electron chi connectivity index (χ2n) is 5.57. The van der Waals surface area contributed by atoms with E-state index in [4.69, 9.17) is 28.6 Å². The summed E-state index contributed by atoms with van der Waals surface area (Å²) >= 11 is 0. The van der Waals surface area contributed by atoms with Crippen molar-refractivity contribution >= 4 is 115 Å². The van der Waals surface area contributed by atoms with Crippen LogP contribution in [0.3, 0.4) is 0 Å². The van der Waals surface area contributed by atoms with Gasteiger partial charge in [0.15, 0.2) is 0 Å².